The highest BCUT2D eigenvalue weighted by Crippen LogP contribution is 2.32. The van der Waals surface area contributed by atoms with Crippen molar-refractivity contribution in [2.45, 2.75) is 66.4 Å². The standard InChI is InChI=1S/C14H24N2O3/c1-7-10(8-2)15-18-12(17)14(6)9-11(16-19-14)13(3,4)5/h7-9H2,1-6H3. The van der Waals surface area contributed by atoms with Crippen molar-refractivity contribution in [2.24, 2.45) is 15.7 Å². The van der Waals surface area contributed by atoms with Crippen LogP contribution in [0.3, 0.4) is 0 Å². The SMILES string of the molecule is CCC(CC)=NOC(=O)C1(C)CC(C(C)(C)C)=NO1. The van der Waals surface area contributed by atoms with Crippen LogP contribution in [0.15, 0.2) is 10.3 Å². The van der Waals surface area contributed by atoms with E-state index in [4.69, 9.17) is 9.68 Å². The molecule has 0 aromatic rings. The molecular formula is C14H24N2O3. The van der Waals surface area contributed by atoms with Crippen LogP contribution >= 0.6 is 0 Å². The molecule has 0 saturated heterocycles. The minimum atomic E-state index is -1.06. The van der Waals surface area contributed by atoms with Gasteiger partial charge in [-0.15, -0.1) is 0 Å². The Balaban J connectivity index is 2.67. The maximum Gasteiger partial charge on any atom is 0.381 e. The van der Waals surface area contributed by atoms with Gasteiger partial charge in [0, 0.05) is 11.8 Å². The largest absolute Gasteiger partial charge is 0.381 e. The minimum Gasteiger partial charge on any atom is -0.377 e. The fourth-order valence-corrected chi connectivity index (χ4v) is 1.63. The van der Waals surface area contributed by atoms with E-state index in [1.807, 2.05) is 34.6 Å². The van der Waals surface area contributed by atoms with Gasteiger partial charge >= 0.3 is 5.97 Å². The van der Waals surface area contributed by atoms with E-state index >= 15 is 0 Å². The summed E-state index contributed by atoms with van der Waals surface area (Å²) in [6.07, 6.45) is 1.98. The fourth-order valence-electron chi connectivity index (χ4n) is 1.63. The lowest BCUT2D eigenvalue weighted by Gasteiger charge is -2.20. The van der Waals surface area contributed by atoms with Crippen molar-refractivity contribution in [2.75, 3.05) is 0 Å². The molecule has 5 nitrogen and oxygen atoms in total. The zero-order valence-corrected chi connectivity index (χ0v) is 12.7. The Bertz CT molecular complexity index is 401. The molecule has 0 aromatic carbocycles. The second-order valence-electron chi connectivity index (χ2n) is 6.03. The molecule has 1 rings (SSSR count). The molecule has 0 fully saturated rings. The van der Waals surface area contributed by atoms with E-state index < -0.39 is 11.6 Å². The highest BCUT2D eigenvalue weighted by Gasteiger charge is 2.46. The molecule has 1 aliphatic heterocycles. The average Bonchev–Trinajstić information content (AvgIpc) is 2.74. The Labute approximate surface area is 115 Å². The Kier molecular flexibility index (Phi) is 4.71. The Morgan fingerprint density at radius 1 is 1.42 bits per heavy atom. The lowest BCUT2D eigenvalue weighted by molar-refractivity contribution is -0.167. The van der Waals surface area contributed by atoms with Crippen molar-refractivity contribution in [1.82, 2.24) is 0 Å². The number of hydrogen-bond donors (Lipinski definition) is 0. The first-order chi connectivity index (χ1) is 8.73. The van der Waals surface area contributed by atoms with Gasteiger partial charge in [0.05, 0.1) is 11.4 Å². The van der Waals surface area contributed by atoms with E-state index in [0.29, 0.717) is 6.42 Å². The number of carbonyl (C=O) groups is 1. The third-order valence-electron chi connectivity index (χ3n) is 3.23. The van der Waals surface area contributed by atoms with E-state index in [-0.39, 0.29) is 5.41 Å². The molecule has 0 bridgehead atoms. The van der Waals surface area contributed by atoms with E-state index in [9.17, 15) is 4.79 Å². The molecule has 0 aromatic heterocycles. The highest BCUT2D eigenvalue weighted by atomic mass is 16.7. The van der Waals surface area contributed by atoms with Crippen LogP contribution in [0.4, 0.5) is 0 Å². The first-order valence-electron chi connectivity index (χ1n) is 6.75. The van der Waals surface area contributed by atoms with Gasteiger partial charge in [0.25, 0.3) is 0 Å². The van der Waals surface area contributed by atoms with Gasteiger partial charge in [-0.3, -0.25) is 0 Å². The van der Waals surface area contributed by atoms with Crippen LogP contribution in [0.2, 0.25) is 0 Å². The Morgan fingerprint density at radius 3 is 2.42 bits per heavy atom. The topological polar surface area (TPSA) is 60.2 Å². The van der Waals surface area contributed by atoms with Gasteiger partial charge in [-0.1, -0.05) is 44.9 Å². The quantitative estimate of drug-likeness (QED) is 0.446. The van der Waals surface area contributed by atoms with Crippen molar-refractivity contribution >= 4 is 17.4 Å². The molecular weight excluding hydrogens is 244 g/mol. The summed E-state index contributed by atoms with van der Waals surface area (Å²) in [5, 5.41) is 7.89. The first-order valence-corrected chi connectivity index (χ1v) is 6.75. The van der Waals surface area contributed by atoms with Gasteiger partial charge in [0.2, 0.25) is 5.60 Å². The molecule has 19 heavy (non-hydrogen) atoms. The fraction of sp³-hybridized carbons (Fsp3) is 0.786. The van der Waals surface area contributed by atoms with E-state index in [1.54, 1.807) is 6.92 Å². The van der Waals surface area contributed by atoms with Crippen LogP contribution in [0.25, 0.3) is 0 Å². The molecule has 0 N–H and O–H groups in total. The van der Waals surface area contributed by atoms with Gasteiger partial charge in [-0.2, -0.15) is 0 Å². The molecule has 1 aliphatic rings. The van der Waals surface area contributed by atoms with Gasteiger partial charge < -0.3 is 9.68 Å². The van der Waals surface area contributed by atoms with E-state index in [2.05, 4.69) is 10.3 Å². The van der Waals surface area contributed by atoms with Crippen LogP contribution in [-0.2, 0) is 14.5 Å². The zero-order valence-electron chi connectivity index (χ0n) is 12.7. The van der Waals surface area contributed by atoms with Crippen molar-refractivity contribution < 1.29 is 14.5 Å². The summed E-state index contributed by atoms with van der Waals surface area (Å²) in [5.41, 5.74) is 0.548. The molecule has 1 atom stereocenters. The first kappa shape index (κ1) is 15.7. The average molecular weight is 268 g/mol. The van der Waals surface area contributed by atoms with E-state index in [0.717, 1.165) is 24.3 Å². The maximum atomic E-state index is 12.0. The third-order valence-corrected chi connectivity index (χ3v) is 3.23. The molecule has 1 heterocycles. The maximum absolute atomic E-state index is 12.0. The number of oxime groups is 2. The predicted molar refractivity (Wildman–Crippen MR) is 75.1 cm³/mol. The molecule has 1 unspecified atom stereocenters. The van der Waals surface area contributed by atoms with E-state index in [1.165, 1.54) is 0 Å². The van der Waals surface area contributed by atoms with Crippen molar-refractivity contribution in [3.05, 3.63) is 0 Å². The van der Waals surface area contributed by atoms with Crippen LogP contribution < -0.4 is 0 Å². The monoisotopic (exact) mass is 268 g/mol. The highest BCUT2D eigenvalue weighted by molar-refractivity contribution is 5.96. The smallest absolute Gasteiger partial charge is 0.377 e. The normalized spacial score (nSPS) is 22.5. The molecule has 0 aliphatic carbocycles. The molecule has 0 saturated carbocycles. The summed E-state index contributed by atoms with van der Waals surface area (Å²) in [6.45, 7) is 11.8. The van der Waals surface area contributed by atoms with Gasteiger partial charge in [0.15, 0.2) is 0 Å². The van der Waals surface area contributed by atoms with Crippen molar-refractivity contribution in [3.8, 4) is 0 Å². The predicted octanol–water partition coefficient (Wildman–Crippen LogP) is 3.29. The van der Waals surface area contributed by atoms with Crippen molar-refractivity contribution in [1.29, 1.82) is 0 Å². The second-order valence-corrected chi connectivity index (χ2v) is 6.03. The summed E-state index contributed by atoms with van der Waals surface area (Å²) in [5.74, 6) is -0.491. The van der Waals surface area contributed by atoms with Crippen LogP contribution in [0.5, 0.6) is 0 Å². The molecule has 0 radical (unpaired) electrons. The van der Waals surface area contributed by atoms with Crippen LogP contribution in [-0.4, -0.2) is 23.0 Å². The number of nitrogens with zero attached hydrogens (tertiary/aromatic N) is 2. The summed E-state index contributed by atoms with van der Waals surface area (Å²) in [4.78, 5) is 22.3. The summed E-state index contributed by atoms with van der Waals surface area (Å²) >= 11 is 0. The number of carbonyl (C=O) groups excluding carboxylic acids is 1. The number of rotatable bonds is 4. The van der Waals surface area contributed by atoms with Crippen molar-refractivity contribution in [3.63, 3.8) is 0 Å². The van der Waals surface area contributed by atoms with Gasteiger partial charge in [-0.25, -0.2) is 4.79 Å². The zero-order chi connectivity index (χ0) is 14.7. The molecule has 0 spiro atoms. The summed E-state index contributed by atoms with van der Waals surface area (Å²) in [6, 6.07) is 0. The minimum absolute atomic E-state index is 0.112. The Morgan fingerprint density at radius 2 is 2.00 bits per heavy atom. The van der Waals surface area contributed by atoms with Gasteiger partial charge in [-0.05, 0) is 19.8 Å². The second kappa shape index (κ2) is 5.72. The molecule has 108 valence electrons. The summed E-state index contributed by atoms with van der Waals surface area (Å²) < 4.78 is 0. The summed E-state index contributed by atoms with van der Waals surface area (Å²) in [7, 11) is 0. The lowest BCUT2D eigenvalue weighted by atomic mass is 9.84. The lowest BCUT2D eigenvalue weighted by Crippen LogP contribution is -2.37. The van der Waals surface area contributed by atoms with Crippen LogP contribution in [0, 0.1) is 5.41 Å². The molecule has 5 heteroatoms. The number of hydrogen-bond acceptors (Lipinski definition) is 5. The Hall–Kier alpha value is -1.39. The third kappa shape index (κ3) is 3.78. The van der Waals surface area contributed by atoms with Gasteiger partial charge in [0.1, 0.15) is 0 Å². The van der Waals surface area contributed by atoms with Crippen LogP contribution in [0.1, 0.15) is 60.8 Å². The molecule has 0 amide bonds.